The largest absolute Gasteiger partial charge is 0.443 e. The van der Waals surface area contributed by atoms with Gasteiger partial charge in [0.1, 0.15) is 12.3 Å². The number of rotatable bonds is 5. The number of hydrogen-bond acceptors (Lipinski definition) is 7. The number of nitrogens with zero attached hydrogens (tertiary/aromatic N) is 3. The number of alkyl halides is 3. The van der Waals surface area contributed by atoms with Gasteiger partial charge in [0.15, 0.2) is 0 Å². The number of carbonyl (C=O) groups is 3. The van der Waals surface area contributed by atoms with Gasteiger partial charge in [-0.2, -0.15) is 13.2 Å². The molecule has 0 spiro atoms. The van der Waals surface area contributed by atoms with Crippen LogP contribution in [-0.4, -0.2) is 58.9 Å². The van der Waals surface area contributed by atoms with E-state index in [1.165, 1.54) is 4.90 Å². The van der Waals surface area contributed by atoms with Crippen molar-refractivity contribution in [2.75, 3.05) is 31.5 Å². The number of pyridine rings is 1. The Morgan fingerprint density at radius 2 is 1.70 bits per heavy atom. The Kier molecular flexibility index (Phi) is 8.38. The number of halogens is 4. The van der Waals surface area contributed by atoms with Gasteiger partial charge in [0.25, 0.3) is 5.91 Å². The lowest BCUT2D eigenvalue weighted by Crippen LogP contribution is -2.36. The van der Waals surface area contributed by atoms with Gasteiger partial charge in [-0.1, -0.05) is 32.4 Å². The highest BCUT2D eigenvalue weighted by atomic mass is 35.5. The molecule has 214 valence electrons. The number of hydrogen-bond donors (Lipinski definition) is 2. The van der Waals surface area contributed by atoms with Crippen molar-refractivity contribution in [3.8, 4) is 0 Å². The van der Waals surface area contributed by atoms with E-state index in [0.29, 0.717) is 34.8 Å². The van der Waals surface area contributed by atoms with E-state index in [4.69, 9.17) is 21.5 Å². The fraction of sp³-hybridized carbons (Fsp3) is 0.385. The summed E-state index contributed by atoms with van der Waals surface area (Å²) in [5, 5.41) is 8.39. The topological polar surface area (TPSA) is 118 Å². The molecule has 2 aromatic rings. The molecule has 0 unspecified atom stereocenters. The average molecular weight is 598 g/mol. The third kappa shape index (κ3) is 6.53. The molecule has 0 saturated heterocycles. The van der Waals surface area contributed by atoms with E-state index in [1.807, 2.05) is 0 Å². The minimum atomic E-state index is -4.67. The zero-order chi connectivity index (χ0) is 29.4. The Hall–Kier alpha value is -3.29. The second-order valence-corrected chi connectivity index (χ2v) is 11.5. The summed E-state index contributed by atoms with van der Waals surface area (Å²) >= 11 is 7.16. The minimum Gasteiger partial charge on any atom is -0.443 e. The average Bonchev–Trinajstić information content (AvgIpc) is 3.46. The van der Waals surface area contributed by atoms with Crippen LogP contribution < -0.4 is 10.5 Å². The fourth-order valence-corrected chi connectivity index (χ4v) is 4.80. The summed E-state index contributed by atoms with van der Waals surface area (Å²) in [5.41, 5.74) is 0.136. The van der Waals surface area contributed by atoms with E-state index in [0.717, 1.165) is 29.2 Å². The molecule has 2 aliphatic heterocycles. The zero-order valence-corrected chi connectivity index (χ0v) is 23.5. The highest BCUT2D eigenvalue weighted by molar-refractivity contribution is 7.97. The van der Waals surface area contributed by atoms with Crippen LogP contribution in [-0.2, 0) is 22.3 Å². The Balaban J connectivity index is 1.36. The molecule has 40 heavy (non-hydrogen) atoms. The Bertz CT molecular complexity index is 1380. The lowest BCUT2D eigenvalue weighted by molar-refractivity contribution is -0.137. The molecule has 3 heterocycles. The molecular weight excluding hydrogens is 571 g/mol. The Morgan fingerprint density at radius 3 is 2.25 bits per heavy atom. The maximum absolute atomic E-state index is 13.2. The van der Waals surface area contributed by atoms with Crippen LogP contribution in [0.5, 0.6) is 0 Å². The molecule has 1 aromatic carbocycles. The van der Waals surface area contributed by atoms with Crippen molar-refractivity contribution in [3.05, 3.63) is 63.5 Å². The quantitative estimate of drug-likeness (QED) is 0.363. The molecule has 14 heteroatoms. The van der Waals surface area contributed by atoms with Crippen LogP contribution in [0.1, 0.15) is 42.4 Å². The molecule has 9 nitrogen and oxygen atoms in total. The van der Waals surface area contributed by atoms with Gasteiger partial charge < -0.3 is 19.9 Å². The van der Waals surface area contributed by atoms with Gasteiger partial charge in [-0.3, -0.25) is 19.7 Å². The molecule has 0 fully saturated rings. The van der Waals surface area contributed by atoms with E-state index < -0.39 is 35.8 Å². The number of aromatic nitrogens is 1. The van der Waals surface area contributed by atoms with Crippen molar-refractivity contribution in [1.29, 1.82) is 0 Å². The first-order valence-electron chi connectivity index (χ1n) is 12.1. The van der Waals surface area contributed by atoms with Crippen molar-refractivity contribution >= 4 is 47.1 Å². The van der Waals surface area contributed by atoms with Crippen LogP contribution in [0.25, 0.3) is 0 Å². The second-order valence-electron chi connectivity index (χ2n) is 10.5. The standard InChI is InChI=1S/C26H27ClF3N5O4S/c1-25(2,3)23(37)33-19-7-17(26(28,29)30)8-32-20(19)13-39-24(38)35-11-15-9-34(10-16(15)12-35)22(36)14-4-5-21(40-31)18(27)6-14/h4-8H,9-13,31H2,1-3H3,(H,33,37). The van der Waals surface area contributed by atoms with Crippen molar-refractivity contribution in [2.45, 2.75) is 38.4 Å². The summed E-state index contributed by atoms with van der Waals surface area (Å²) in [4.78, 5) is 45.7. The summed E-state index contributed by atoms with van der Waals surface area (Å²) in [7, 11) is 0. The van der Waals surface area contributed by atoms with Crippen molar-refractivity contribution in [1.82, 2.24) is 14.8 Å². The number of nitrogens with one attached hydrogen (secondary N) is 1. The van der Waals surface area contributed by atoms with Crippen LogP contribution in [0.2, 0.25) is 5.02 Å². The zero-order valence-electron chi connectivity index (χ0n) is 21.9. The number of carbonyl (C=O) groups excluding carboxylic acids is 3. The molecule has 0 atom stereocenters. The number of anilines is 1. The van der Waals surface area contributed by atoms with Crippen LogP contribution in [0.4, 0.5) is 23.7 Å². The van der Waals surface area contributed by atoms with E-state index in [-0.39, 0.29) is 30.4 Å². The molecule has 0 aliphatic carbocycles. The normalized spacial score (nSPS) is 15.4. The minimum absolute atomic E-state index is 0.0202. The van der Waals surface area contributed by atoms with Gasteiger partial charge in [-0.15, -0.1) is 0 Å². The van der Waals surface area contributed by atoms with Gasteiger partial charge >= 0.3 is 12.3 Å². The predicted octanol–water partition coefficient (Wildman–Crippen LogP) is 5.11. The summed E-state index contributed by atoms with van der Waals surface area (Å²) in [6.45, 7) is 5.57. The van der Waals surface area contributed by atoms with Gasteiger partial charge in [-0.25, -0.2) is 4.79 Å². The number of nitrogens with two attached hydrogens (primary N) is 1. The van der Waals surface area contributed by atoms with Gasteiger partial charge in [0.05, 0.1) is 16.3 Å². The summed E-state index contributed by atoms with van der Waals surface area (Å²) in [6, 6.07) is 5.68. The summed E-state index contributed by atoms with van der Waals surface area (Å²) in [6.07, 6.45) is -4.73. The van der Waals surface area contributed by atoms with E-state index in [9.17, 15) is 27.6 Å². The number of amides is 3. The first-order chi connectivity index (χ1) is 18.7. The van der Waals surface area contributed by atoms with Crippen LogP contribution in [0, 0.1) is 5.41 Å². The lowest BCUT2D eigenvalue weighted by atomic mass is 9.95. The molecule has 4 rings (SSSR count). The first-order valence-corrected chi connectivity index (χ1v) is 13.4. The maximum Gasteiger partial charge on any atom is 0.417 e. The molecule has 3 amide bonds. The lowest BCUT2D eigenvalue weighted by Gasteiger charge is -2.23. The SMILES string of the molecule is CC(C)(C)C(=O)Nc1cc(C(F)(F)F)cnc1COC(=O)N1CC2=C(C1)CN(C(=O)c1ccc(SN)c(Cl)c1)C2. The second kappa shape index (κ2) is 11.3. The third-order valence-electron chi connectivity index (χ3n) is 6.44. The molecule has 3 N–H and O–H groups in total. The summed E-state index contributed by atoms with van der Waals surface area (Å²) in [5.74, 6) is -0.714. The fourth-order valence-electron chi connectivity index (χ4n) is 4.17. The maximum atomic E-state index is 13.2. The summed E-state index contributed by atoms with van der Waals surface area (Å²) < 4.78 is 45.1. The molecular formula is C26H27ClF3N5O4S. The van der Waals surface area contributed by atoms with Crippen molar-refractivity contribution in [3.63, 3.8) is 0 Å². The van der Waals surface area contributed by atoms with Crippen molar-refractivity contribution < 1.29 is 32.3 Å². The molecule has 1 aromatic heterocycles. The smallest absolute Gasteiger partial charge is 0.417 e. The molecule has 0 saturated carbocycles. The van der Waals surface area contributed by atoms with Crippen molar-refractivity contribution in [2.24, 2.45) is 10.6 Å². The monoisotopic (exact) mass is 597 g/mol. The highest BCUT2D eigenvalue weighted by Gasteiger charge is 2.36. The number of benzene rings is 1. The highest BCUT2D eigenvalue weighted by Crippen LogP contribution is 2.33. The molecule has 2 aliphatic rings. The van der Waals surface area contributed by atoms with Crippen LogP contribution in [0.3, 0.4) is 0 Å². The van der Waals surface area contributed by atoms with Gasteiger partial charge in [-0.05, 0) is 47.4 Å². The third-order valence-corrected chi connectivity index (χ3v) is 7.47. The van der Waals surface area contributed by atoms with E-state index >= 15 is 0 Å². The van der Waals surface area contributed by atoms with Crippen LogP contribution >= 0.6 is 23.5 Å². The Labute approximate surface area is 238 Å². The van der Waals surface area contributed by atoms with Crippen LogP contribution in [0.15, 0.2) is 46.5 Å². The molecule has 0 bridgehead atoms. The van der Waals surface area contributed by atoms with Gasteiger partial charge in [0, 0.05) is 48.2 Å². The van der Waals surface area contributed by atoms with E-state index in [2.05, 4.69) is 10.3 Å². The van der Waals surface area contributed by atoms with E-state index in [1.54, 1.807) is 43.9 Å². The predicted molar refractivity (Wildman–Crippen MR) is 144 cm³/mol. The number of ether oxygens (including phenoxy) is 1. The molecule has 0 radical (unpaired) electrons. The van der Waals surface area contributed by atoms with Gasteiger partial charge in [0.2, 0.25) is 5.91 Å². The Morgan fingerprint density at radius 1 is 1.07 bits per heavy atom. The first kappa shape index (κ1) is 29.7.